The maximum atomic E-state index is 12.1. The molecule has 0 saturated heterocycles. The number of allylic oxidation sites excluding steroid dienone is 1. The predicted octanol–water partition coefficient (Wildman–Crippen LogP) is 3.94. The van der Waals surface area contributed by atoms with Crippen LogP contribution in [0.3, 0.4) is 0 Å². The number of ketones is 1. The molecule has 0 aliphatic heterocycles. The first-order chi connectivity index (χ1) is 10.1. The number of carbonyl (C=O) groups excluding carboxylic acids is 2. The Morgan fingerprint density at radius 1 is 0.905 bits per heavy atom. The highest BCUT2D eigenvalue weighted by molar-refractivity contribution is 6.50. The van der Waals surface area contributed by atoms with Gasteiger partial charge in [-0.15, -0.1) is 0 Å². The summed E-state index contributed by atoms with van der Waals surface area (Å²) in [5.41, 5.74) is 1.63. The maximum absolute atomic E-state index is 12.1. The van der Waals surface area contributed by atoms with Crippen LogP contribution in [0.5, 0.6) is 0 Å². The number of hydrogen-bond acceptors (Lipinski definition) is 3. The van der Waals surface area contributed by atoms with Gasteiger partial charge in [0.15, 0.2) is 5.78 Å². The molecule has 0 amide bonds. The molecule has 0 unspecified atom stereocenters. The minimum atomic E-state index is -0.438. The summed E-state index contributed by atoms with van der Waals surface area (Å²) in [7, 11) is 1.31. The van der Waals surface area contributed by atoms with Gasteiger partial charge in [-0.05, 0) is 17.7 Å². The third kappa shape index (κ3) is 3.80. The van der Waals surface area contributed by atoms with Gasteiger partial charge in [-0.25, -0.2) is 4.79 Å². The SMILES string of the molecule is COC(=O)c1ccc(C(=O)/C=C(\Cl)c2ccccc2)cc1. The van der Waals surface area contributed by atoms with Crippen molar-refractivity contribution in [1.29, 1.82) is 0 Å². The van der Waals surface area contributed by atoms with Crippen LogP contribution >= 0.6 is 11.6 Å². The van der Waals surface area contributed by atoms with Crippen molar-refractivity contribution in [3.8, 4) is 0 Å². The van der Waals surface area contributed by atoms with Crippen LogP contribution in [0, 0.1) is 0 Å². The van der Waals surface area contributed by atoms with Crippen molar-refractivity contribution in [2.24, 2.45) is 0 Å². The smallest absolute Gasteiger partial charge is 0.337 e. The summed E-state index contributed by atoms with van der Waals surface area (Å²) in [6.07, 6.45) is 1.37. The first kappa shape index (κ1) is 15.0. The van der Waals surface area contributed by atoms with E-state index >= 15 is 0 Å². The van der Waals surface area contributed by atoms with Crippen molar-refractivity contribution in [3.63, 3.8) is 0 Å². The van der Waals surface area contributed by atoms with Crippen LogP contribution in [0.2, 0.25) is 0 Å². The Kier molecular flexibility index (Phi) is 4.90. The maximum Gasteiger partial charge on any atom is 0.337 e. The lowest BCUT2D eigenvalue weighted by molar-refractivity contribution is 0.0600. The number of benzene rings is 2. The van der Waals surface area contributed by atoms with Crippen LogP contribution in [0.15, 0.2) is 60.7 Å². The Morgan fingerprint density at radius 3 is 2.05 bits per heavy atom. The molecule has 0 aromatic heterocycles. The Morgan fingerprint density at radius 2 is 1.48 bits per heavy atom. The van der Waals surface area contributed by atoms with Crippen molar-refractivity contribution in [2.75, 3.05) is 7.11 Å². The average Bonchev–Trinajstić information content (AvgIpc) is 2.55. The van der Waals surface area contributed by atoms with Gasteiger partial charge in [-0.1, -0.05) is 54.1 Å². The molecule has 21 heavy (non-hydrogen) atoms. The van der Waals surface area contributed by atoms with E-state index in [-0.39, 0.29) is 5.78 Å². The molecule has 4 heteroatoms. The van der Waals surface area contributed by atoms with Crippen LogP contribution in [0.4, 0.5) is 0 Å². The zero-order chi connectivity index (χ0) is 15.2. The summed E-state index contributed by atoms with van der Waals surface area (Å²) in [4.78, 5) is 23.4. The Hall–Kier alpha value is -2.39. The second kappa shape index (κ2) is 6.86. The van der Waals surface area contributed by atoms with Crippen molar-refractivity contribution in [3.05, 3.63) is 77.4 Å². The highest BCUT2D eigenvalue weighted by Crippen LogP contribution is 2.19. The van der Waals surface area contributed by atoms with E-state index in [0.717, 1.165) is 5.56 Å². The lowest BCUT2D eigenvalue weighted by atomic mass is 10.1. The van der Waals surface area contributed by atoms with E-state index in [1.54, 1.807) is 24.3 Å². The molecule has 0 heterocycles. The van der Waals surface area contributed by atoms with Gasteiger partial charge in [0.05, 0.1) is 17.7 Å². The fourth-order valence-corrected chi connectivity index (χ4v) is 1.99. The molecule has 0 aliphatic carbocycles. The summed E-state index contributed by atoms with van der Waals surface area (Å²) < 4.78 is 4.60. The van der Waals surface area contributed by atoms with E-state index in [1.807, 2.05) is 30.3 Å². The van der Waals surface area contributed by atoms with E-state index in [4.69, 9.17) is 11.6 Å². The number of esters is 1. The first-order valence-corrected chi connectivity index (χ1v) is 6.65. The number of halogens is 1. The molecule has 0 atom stereocenters. The molecule has 0 radical (unpaired) electrons. The van der Waals surface area contributed by atoms with Crippen molar-refractivity contribution in [2.45, 2.75) is 0 Å². The fourth-order valence-electron chi connectivity index (χ4n) is 1.77. The van der Waals surface area contributed by atoms with Gasteiger partial charge in [0, 0.05) is 11.6 Å². The Balaban J connectivity index is 2.19. The van der Waals surface area contributed by atoms with Gasteiger partial charge in [0.1, 0.15) is 0 Å². The largest absolute Gasteiger partial charge is 0.465 e. The van der Waals surface area contributed by atoms with Gasteiger partial charge in [0.2, 0.25) is 0 Å². The third-order valence-electron chi connectivity index (χ3n) is 2.90. The molecule has 0 aliphatic rings. The second-order valence-corrected chi connectivity index (χ2v) is 4.70. The molecule has 0 spiro atoms. The van der Waals surface area contributed by atoms with Gasteiger partial charge in [-0.2, -0.15) is 0 Å². The lowest BCUT2D eigenvalue weighted by Gasteiger charge is -2.01. The molecular weight excluding hydrogens is 288 g/mol. The van der Waals surface area contributed by atoms with E-state index in [0.29, 0.717) is 16.2 Å². The lowest BCUT2D eigenvalue weighted by Crippen LogP contribution is -2.02. The van der Waals surface area contributed by atoms with E-state index < -0.39 is 5.97 Å². The predicted molar refractivity (Wildman–Crippen MR) is 82.4 cm³/mol. The zero-order valence-electron chi connectivity index (χ0n) is 11.4. The third-order valence-corrected chi connectivity index (χ3v) is 3.23. The number of methoxy groups -OCH3 is 1. The number of rotatable bonds is 4. The second-order valence-electron chi connectivity index (χ2n) is 4.29. The Bertz CT molecular complexity index is 673. The number of ether oxygens (including phenoxy) is 1. The summed E-state index contributed by atoms with van der Waals surface area (Å²) in [6.45, 7) is 0. The molecule has 106 valence electrons. The molecular formula is C17H13ClO3. The molecule has 2 aromatic rings. The highest BCUT2D eigenvalue weighted by atomic mass is 35.5. The van der Waals surface area contributed by atoms with Gasteiger partial charge < -0.3 is 4.74 Å². The monoisotopic (exact) mass is 300 g/mol. The van der Waals surface area contributed by atoms with Crippen LogP contribution in [-0.2, 0) is 4.74 Å². The van der Waals surface area contributed by atoms with Crippen molar-refractivity contribution >= 4 is 28.4 Å². The number of carbonyl (C=O) groups is 2. The summed E-state index contributed by atoms with van der Waals surface area (Å²) >= 11 is 6.12. The van der Waals surface area contributed by atoms with Crippen LogP contribution < -0.4 is 0 Å². The van der Waals surface area contributed by atoms with Crippen molar-refractivity contribution in [1.82, 2.24) is 0 Å². The molecule has 2 rings (SSSR count). The first-order valence-electron chi connectivity index (χ1n) is 6.27. The molecule has 2 aromatic carbocycles. The standard InChI is InChI=1S/C17H13ClO3/c1-21-17(20)14-9-7-13(8-10-14)16(19)11-15(18)12-5-3-2-4-6-12/h2-11H,1H3/b15-11-. The molecule has 0 saturated carbocycles. The topological polar surface area (TPSA) is 43.4 Å². The van der Waals surface area contributed by atoms with Gasteiger partial charge in [-0.3, -0.25) is 4.79 Å². The van der Waals surface area contributed by atoms with Crippen LogP contribution in [0.1, 0.15) is 26.3 Å². The summed E-state index contributed by atoms with van der Waals surface area (Å²) in [5.74, 6) is -0.660. The average molecular weight is 301 g/mol. The van der Waals surface area contributed by atoms with Crippen LogP contribution in [0.25, 0.3) is 5.03 Å². The molecule has 3 nitrogen and oxygen atoms in total. The molecule has 0 bridgehead atoms. The summed E-state index contributed by atoms with van der Waals surface area (Å²) in [5, 5.41) is 0.373. The van der Waals surface area contributed by atoms with Gasteiger partial charge >= 0.3 is 5.97 Å². The quantitative estimate of drug-likeness (QED) is 0.488. The van der Waals surface area contributed by atoms with E-state index in [2.05, 4.69) is 4.74 Å². The van der Waals surface area contributed by atoms with Crippen LogP contribution in [-0.4, -0.2) is 18.9 Å². The molecule has 0 fully saturated rings. The minimum absolute atomic E-state index is 0.222. The van der Waals surface area contributed by atoms with Crippen molar-refractivity contribution < 1.29 is 14.3 Å². The summed E-state index contributed by atoms with van der Waals surface area (Å²) in [6, 6.07) is 15.5. The molecule has 0 N–H and O–H groups in total. The Labute approximate surface area is 127 Å². The zero-order valence-corrected chi connectivity index (χ0v) is 12.1. The fraction of sp³-hybridized carbons (Fsp3) is 0.0588. The highest BCUT2D eigenvalue weighted by Gasteiger charge is 2.08. The van der Waals surface area contributed by atoms with E-state index in [9.17, 15) is 9.59 Å². The minimum Gasteiger partial charge on any atom is -0.465 e. The normalized spacial score (nSPS) is 11.0. The van der Waals surface area contributed by atoms with E-state index in [1.165, 1.54) is 13.2 Å². The number of hydrogen-bond donors (Lipinski definition) is 0. The van der Waals surface area contributed by atoms with Gasteiger partial charge in [0.25, 0.3) is 0 Å².